The molecule has 2 fully saturated rings. The number of carbonyl (C=O) groups is 1. The maximum Gasteiger partial charge on any atom is 0.229 e. The first-order chi connectivity index (χ1) is 8.75. The Kier molecular flexibility index (Phi) is 3.16. The minimum Gasteiger partial charge on any atom is -0.302 e. The second-order valence-corrected chi connectivity index (χ2v) is 6.30. The molecule has 1 aromatic heterocycles. The summed E-state index contributed by atoms with van der Waals surface area (Å²) in [5.41, 5.74) is 0.119. The van der Waals surface area contributed by atoms with E-state index in [0.717, 1.165) is 24.6 Å². The lowest BCUT2D eigenvalue weighted by Gasteiger charge is -2.43. The van der Waals surface area contributed by atoms with Crippen molar-refractivity contribution in [3.8, 4) is 0 Å². The molecule has 0 N–H and O–H groups in total. The van der Waals surface area contributed by atoms with Crippen molar-refractivity contribution in [2.24, 2.45) is 0 Å². The van der Waals surface area contributed by atoms with Gasteiger partial charge >= 0.3 is 0 Å². The lowest BCUT2D eigenvalue weighted by Crippen LogP contribution is -2.53. The van der Waals surface area contributed by atoms with Gasteiger partial charge in [-0.1, -0.05) is 13.3 Å². The molecule has 0 aliphatic carbocycles. The lowest BCUT2D eigenvalue weighted by atomic mass is 9.85. The highest BCUT2D eigenvalue weighted by atomic mass is 32.1. The van der Waals surface area contributed by atoms with Gasteiger partial charge in [0.1, 0.15) is 0 Å². The standard InChI is InChI=1S/C14H20N2OS/c1-2-15-8-4-3-7-14(15)10-12(17)16(11-14)13-6-5-9-18-13/h5-6,9H,2-4,7-8,10-11H2,1H3. The van der Waals surface area contributed by atoms with E-state index in [0.29, 0.717) is 12.3 Å². The molecule has 0 bridgehead atoms. The zero-order valence-corrected chi connectivity index (χ0v) is 11.7. The number of carbonyl (C=O) groups excluding carboxylic acids is 1. The molecule has 2 aliphatic rings. The van der Waals surface area contributed by atoms with Gasteiger partial charge in [-0.3, -0.25) is 9.69 Å². The van der Waals surface area contributed by atoms with Crippen LogP contribution in [-0.4, -0.2) is 36.0 Å². The van der Waals surface area contributed by atoms with Crippen molar-refractivity contribution in [1.29, 1.82) is 0 Å². The van der Waals surface area contributed by atoms with Gasteiger partial charge in [-0.2, -0.15) is 0 Å². The maximum atomic E-state index is 12.3. The summed E-state index contributed by atoms with van der Waals surface area (Å²) in [6.07, 6.45) is 4.43. The van der Waals surface area contributed by atoms with E-state index in [-0.39, 0.29) is 5.54 Å². The third-order valence-electron chi connectivity index (χ3n) is 4.38. The first kappa shape index (κ1) is 12.2. The summed E-state index contributed by atoms with van der Waals surface area (Å²) < 4.78 is 0. The average Bonchev–Trinajstić information content (AvgIpc) is 2.98. The molecule has 1 unspecified atom stereocenters. The van der Waals surface area contributed by atoms with Crippen molar-refractivity contribution in [2.45, 2.75) is 38.1 Å². The van der Waals surface area contributed by atoms with Crippen LogP contribution in [0.3, 0.4) is 0 Å². The summed E-state index contributed by atoms with van der Waals surface area (Å²) in [5, 5.41) is 3.16. The fourth-order valence-corrected chi connectivity index (χ4v) is 4.21. The van der Waals surface area contributed by atoms with Crippen LogP contribution in [-0.2, 0) is 4.79 Å². The zero-order valence-electron chi connectivity index (χ0n) is 10.9. The van der Waals surface area contributed by atoms with Crippen molar-refractivity contribution < 1.29 is 4.79 Å². The summed E-state index contributed by atoms with van der Waals surface area (Å²) in [6.45, 7) is 5.32. The monoisotopic (exact) mass is 264 g/mol. The molecule has 2 saturated heterocycles. The number of hydrogen-bond donors (Lipinski definition) is 0. The highest BCUT2D eigenvalue weighted by Gasteiger charge is 2.48. The van der Waals surface area contributed by atoms with Crippen LogP contribution in [0, 0.1) is 0 Å². The van der Waals surface area contributed by atoms with Gasteiger partial charge in [0, 0.05) is 18.5 Å². The Balaban J connectivity index is 1.85. The quantitative estimate of drug-likeness (QED) is 0.820. The minimum absolute atomic E-state index is 0.119. The lowest BCUT2D eigenvalue weighted by molar-refractivity contribution is -0.118. The van der Waals surface area contributed by atoms with Crippen LogP contribution in [0.4, 0.5) is 5.00 Å². The summed E-state index contributed by atoms with van der Waals surface area (Å²) >= 11 is 1.67. The van der Waals surface area contributed by atoms with Gasteiger partial charge in [-0.05, 0) is 43.4 Å². The zero-order chi connectivity index (χ0) is 12.6. The van der Waals surface area contributed by atoms with Gasteiger partial charge in [0.15, 0.2) is 0 Å². The molecule has 0 radical (unpaired) electrons. The third kappa shape index (κ3) is 1.88. The molecule has 4 heteroatoms. The molecule has 1 atom stereocenters. The predicted octanol–water partition coefficient (Wildman–Crippen LogP) is 2.73. The van der Waals surface area contributed by atoms with Gasteiger partial charge in [0.25, 0.3) is 0 Å². The summed E-state index contributed by atoms with van der Waals surface area (Å²) in [4.78, 5) is 16.8. The minimum atomic E-state index is 0.119. The fourth-order valence-electron chi connectivity index (χ4n) is 3.46. The SMILES string of the molecule is CCN1CCCCC12CC(=O)N(c1cccs1)C2. The molecule has 3 heterocycles. The summed E-state index contributed by atoms with van der Waals surface area (Å²) in [7, 11) is 0. The second-order valence-electron chi connectivity index (χ2n) is 5.37. The number of thiophene rings is 1. The van der Waals surface area contributed by atoms with Gasteiger partial charge in [-0.15, -0.1) is 11.3 Å². The van der Waals surface area contributed by atoms with E-state index >= 15 is 0 Å². The van der Waals surface area contributed by atoms with Crippen molar-refractivity contribution in [2.75, 3.05) is 24.5 Å². The smallest absolute Gasteiger partial charge is 0.229 e. The van der Waals surface area contributed by atoms with Crippen LogP contribution >= 0.6 is 11.3 Å². The normalized spacial score (nSPS) is 29.4. The number of nitrogens with zero attached hydrogens (tertiary/aromatic N) is 2. The van der Waals surface area contributed by atoms with E-state index in [1.165, 1.54) is 19.3 Å². The van der Waals surface area contributed by atoms with Gasteiger partial charge in [-0.25, -0.2) is 0 Å². The predicted molar refractivity (Wildman–Crippen MR) is 75.1 cm³/mol. The Morgan fingerprint density at radius 1 is 1.44 bits per heavy atom. The highest BCUT2D eigenvalue weighted by molar-refractivity contribution is 7.14. The van der Waals surface area contributed by atoms with E-state index in [1.807, 2.05) is 16.3 Å². The van der Waals surface area contributed by atoms with Crippen molar-refractivity contribution in [3.05, 3.63) is 17.5 Å². The highest BCUT2D eigenvalue weighted by Crippen LogP contribution is 2.39. The Morgan fingerprint density at radius 3 is 3.06 bits per heavy atom. The van der Waals surface area contributed by atoms with Crippen molar-refractivity contribution >= 4 is 22.2 Å². The molecule has 0 saturated carbocycles. The Labute approximate surface area is 112 Å². The molecule has 0 aromatic carbocycles. The molecule has 3 nitrogen and oxygen atoms in total. The van der Waals surface area contributed by atoms with Crippen LogP contribution in [0.1, 0.15) is 32.6 Å². The molecule has 3 rings (SSSR count). The Bertz CT molecular complexity index is 431. The van der Waals surface area contributed by atoms with Gasteiger partial charge < -0.3 is 4.90 Å². The van der Waals surface area contributed by atoms with Crippen LogP contribution < -0.4 is 4.90 Å². The molecule has 98 valence electrons. The fraction of sp³-hybridized carbons (Fsp3) is 0.643. The van der Waals surface area contributed by atoms with Crippen LogP contribution in [0.15, 0.2) is 17.5 Å². The van der Waals surface area contributed by atoms with Gasteiger partial charge in [0.05, 0.1) is 5.00 Å². The van der Waals surface area contributed by atoms with Gasteiger partial charge in [0.2, 0.25) is 5.91 Å². The van der Waals surface area contributed by atoms with Crippen LogP contribution in [0.5, 0.6) is 0 Å². The first-order valence-electron chi connectivity index (χ1n) is 6.84. The van der Waals surface area contributed by atoms with Crippen molar-refractivity contribution in [1.82, 2.24) is 4.90 Å². The average molecular weight is 264 g/mol. The number of piperidine rings is 1. The number of likely N-dealkylation sites (N-methyl/N-ethyl adjacent to an activating group) is 1. The van der Waals surface area contributed by atoms with Crippen LogP contribution in [0.25, 0.3) is 0 Å². The molecular formula is C14H20N2OS. The summed E-state index contributed by atoms with van der Waals surface area (Å²) in [5.74, 6) is 0.304. The summed E-state index contributed by atoms with van der Waals surface area (Å²) in [6, 6.07) is 4.08. The number of likely N-dealkylation sites (tertiary alicyclic amines) is 1. The first-order valence-corrected chi connectivity index (χ1v) is 7.72. The van der Waals surface area contributed by atoms with E-state index in [9.17, 15) is 4.79 Å². The van der Waals surface area contributed by atoms with E-state index in [4.69, 9.17) is 0 Å². The van der Waals surface area contributed by atoms with E-state index in [2.05, 4.69) is 17.9 Å². The molecule has 1 aromatic rings. The Morgan fingerprint density at radius 2 is 2.33 bits per heavy atom. The largest absolute Gasteiger partial charge is 0.302 e. The molecule has 1 amide bonds. The van der Waals surface area contributed by atoms with Crippen molar-refractivity contribution in [3.63, 3.8) is 0 Å². The van der Waals surface area contributed by atoms with E-state index in [1.54, 1.807) is 11.3 Å². The number of hydrogen-bond acceptors (Lipinski definition) is 3. The van der Waals surface area contributed by atoms with Crippen LogP contribution in [0.2, 0.25) is 0 Å². The second kappa shape index (κ2) is 4.67. The molecular weight excluding hydrogens is 244 g/mol. The maximum absolute atomic E-state index is 12.3. The Hall–Kier alpha value is -0.870. The number of amides is 1. The van der Waals surface area contributed by atoms with E-state index < -0.39 is 0 Å². The number of anilines is 1. The third-order valence-corrected chi connectivity index (χ3v) is 5.27. The molecule has 2 aliphatic heterocycles. The topological polar surface area (TPSA) is 23.6 Å². The molecule has 18 heavy (non-hydrogen) atoms. The number of rotatable bonds is 2. The molecule has 1 spiro atoms.